The number of pyridine rings is 1. The molecule has 11 heteroatoms. The fraction of sp³-hybridized carbons (Fsp3) is 0.538. The Labute approximate surface area is 212 Å². The molecule has 0 unspecified atom stereocenters. The van der Waals surface area contributed by atoms with Crippen LogP contribution in [0.25, 0.3) is 5.78 Å². The van der Waals surface area contributed by atoms with Crippen molar-refractivity contribution in [1.29, 1.82) is 0 Å². The highest BCUT2D eigenvalue weighted by atomic mass is 19.1. The largest absolute Gasteiger partial charge is 0.474 e. The Morgan fingerprint density at radius 3 is 2.81 bits per heavy atom. The minimum atomic E-state index is -1.04. The summed E-state index contributed by atoms with van der Waals surface area (Å²) in [5.74, 6) is -0.0117. The van der Waals surface area contributed by atoms with Gasteiger partial charge in [0.15, 0.2) is 0 Å². The van der Waals surface area contributed by atoms with Gasteiger partial charge in [0.1, 0.15) is 17.4 Å². The van der Waals surface area contributed by atoms with Crippen LogP contribution in [0, 0.1) is 0 Å². The van der Waals surface area contributed by atoms with Crippen LogP contribution in [0.5, 0.6) is 5.88 Å². The van der Waals surface area contributed by atoms with Crippen LogP contribution >= 0.6 is 0 Å². The number of anilines is 1. The van der Waals surface area contributed by atoms with Crippen molar-refractivity contribution >= 4 is 17.4 Å². The van der Waals surface area contributed by atoms with Crippen molar-refractivity contribution in [2.75, 3.05) is 25.6 Å². The first-order chi connectivity index (χ1) is 17.7. The molecular formula is C26H30FN5O5. The predicted molar refractivity (Wildman–Crippen MR) is 132 cm³/mol. The summed E-state index contributed by atoms with van der Waals surface area (Å²) in [5, 5.41) is 2.67. The van der Waals surface area contributed by atoms with Crippen LogP contribution in [0.15, 0.2) is 35.5 Å². The zero-order valence-corrected chi connectivity index (χ0v) is 21.1. The van der Waals surface area contributed by atoms with E-state index in [1.54, 1.807) is 23.8 Å². The summed E-state index contributed by atoms with van der Waals surface area (Å²) in [4.78, 5) is 35.5. The molecule has 1 amide bonds. The van der Waals surface area contributed by atoms with Gasteiger partial charge in [-0.2, -0.15) is 4.98 Å². The average Bonchev–Trinajstić information content (AvgIpc) is 3.20. The summed E-state index contributed by atoms with van der Waals surface area (Å²) in [6.45, 7) is 4.79. The van der Waals surface area contributed by atoms with Crippen molar-refractivity contribution in [3.63, 3.8) is 0 Å². The number of methoxy groups -OCH3 is 1. The van der Waals surface area contributed by atoms with Gasteiger partial charge >= 0.3 is 0 Å². The summed E-state index contributed by atoms with van der Waals surface area (Å²) in [6, 6.07) is 2.64. The number of amides is 1. The topological polar surface area (TPSA) is 109 Å². The van der Waals surface area contributed by atoms with E-state index in [2.05, 4.69) is 10.3 Å². The van der Waals surface area contributed by atoms with E-state index < -0.39 is 23.7 Å². The second-order valence-corrected chi connectivity index (χ2v) is 10.7. The SMILES string of the molecule is COC[C@]12CC[C@](c3cn4cc(C(=O)Nc5cccn([C@H]6C[C@H]6F)c5=O)c(OC(C)C)nc4n3)(CO1)C2. The molecule has 1 N–H and O–H groups in total. The van der Waals surface area contributed by atoms with Gasteiger partial charge in [-0.05, 0) is 45.2 Å². The summed E-state index contributed by atoms with van der Waals surface area (Å²) in [7, 11) is 1.68. The lowest BCUT2D eigenvalue weighted by Gasteiger charge is -2.27. The van der Waals surface area contributed by atoms with Crippen molar-refractivity contribution in [3.05, 3.63) is 52.3 Å². The maximum Gasteiger partial charge on any atom is 0.274 e. The first kappa shape index (κ1) is 24.1. The molecule has 2 aliphatic carbocycles. The number of aromatic nitrogens is 4. The molecule has 196 valence electrons. The van der Waals surface area contributed by atoms with Gasteiger partial charge in [0.2, 0.25) is 11.7 Å². The highest BCUT2D eigenvalue weighted by molar-refractivity contribution is 6.05. The summed E-state index contributed by atoms with van der Waals surface area (Å²) >= 11 is 0. The Kier molecular flexibility index (Phi) is 5.61. The fourth-order valence-electron chi connectivity index (χ4n) is 5.65. The molecule has 37 heavy (non-hydrogen) atoms. The molecule has 3 aromatic rings. The molecule has 4 atom stereocenters. The van der Waals surface area contributed by atoms with E-state index >= 15 is 0 Å². The van der Waals surface area contributed by atoms with E-state index in [4.69, 9.17) is 19.2 Å². The van der Waals surface area contributed by atoms with Crippen molar-refractivity contribution in [1.82, 2.24) is 18.9 Å². The Hall–Kier alpha value is -3.31. The Balaban J connectivity index is 1.33. The van der Waals surface area contributed by atoms with Crippen LogP contribution in [0.3, 0.4) is 0 Å². The summed E-state index contributed by atoms with van der Waals surface area (Å²) < 4.78 is 34.0. The standard InChI is InChI=1S/C26H30FN5O5/c1-15(2)37-22-16(21(33)28-18-5-4-8-32(23(18)34)19-9-17(19)27)10-31-11-20(29-24(31)30-22)25-6-7-26(12-25,14-35-3)36-13-25/h4-5,8,10-11,15,17,19H,6-7,9,12-14H2,1-3H3,(H,28,33)/t17-,19+,25-,26-/m1/s1. The third-order valence-electron chi connectivity index (χ3n) is 7.59. The number of rotatable bonds is 8. The zero-order valence-electron chi connectivity index (χ0n) is 21.1. The lowest BCUT2D eigenvalue weighted by atomic mass is 9.84. The van der Waals surface area contributed by atoms with Gasteiger partial charge in [-0.15, -0.1) is 0 Å². The quantitative estimate of drug-likeness (QED) is 0.495. The second kappa shape index (κ2) is 8.63. The van der Waals surface area contributed by atoms with Gasteiger partial charge in [-0.3, -0.25) is 14.0 Å². The number of hydrogen-bond acceptors (Lipinski definition) is 7. The molecule has 0 spiro atoms. The Morgan fingerprint density at radius 1 is 1.32 bits per heavy atom. The third kappa shape index (κ3) is 4.10. The van der Waals surface area contributed by atoms with E-state index in [0.717, 1.165) is 25.0 Å². The van der Waals surface area contributed by atoms with Crippen LogP contribution < -0.4 is 15.6 Å². The molecule has 6 rings (SSSR count). The van der Waals surface area contributed by atoms with Gasteiger partial charge in [0.05, 0.1) is 36.7 Å². The first-order valence-corrected chi connectivity index (χ1v) is 12.6. The maximum atomic E-state index is 13.6. The lowest BCUT2D eigenvalue weighted by molar-refractivity contribution is -0.0659. The average molecular weight is 512 g/mol. The Bertz CT molecular complexity index is 1420. The third-order valence-corrected chi connectivity index (χ3v) is 7.59. The monoisotopic (exact) mass is 511 g/mol. The molecule has 0 radical (unpaired) electrons. The van der Waals surface area contributed by atoms with E-state index in [-0.39, 0.29) is 34.3 Å². The number of halogens is 1. The van der Waals surface area contributed by atoms with Gasteiger partial charge in [0, 0.05) is 37.5 Å². The van der Waals surface area contributed by atoms with Gasteiger partial charge < -0.3 is 24.1 Å². The maximum absolute atomic E-state index is 13.6. The van der Waals surface area contributed by atoms with Crippen LogP contribution in [0.4, 0.5) is 10.1 Å². The van der Waals surface area contributed by atoms with Crippen LogP contribution in [-0.2, 0) is 14.9 Å². The molecule has 4 heterocycles. The van der Waals surface area contributed by atoms with Crippen LogP contribution in [0.2, 0.25) is 0 Å². The Morgan fingerprint density at radius 2 is 2.14 bits per heavy atom. The van der Waals surface area contributed by atoms with Crippen LogP contribution in [-0.4, -0.2) is 63.0 Å². The zero-order chi connectivity index (χ0) is 25.9. The number of imidazole rings is 1. The minimum absolute atomic E-state index is 0.0657. The molecule has 1 aliphatic heterocycles. The van der Waals surface area contributed by atoms with Gasteiger partial charge in [0.25, 0.3) is 11.5 Å². The van der Waals surface area contributed by atoms with E-state index in [9.17, 15) is 14.0 Å². The molecular weight excluding hydrogens is 481 g/mol. The van der Waals surface area contributed by atoms with E-state index in [0.29, 0.717) is 25.4 Å². The van der Waals surface area contributed by atoms with Crippen molar-refractivity contribution in [2.24, 2.45) is 0 Å². The predicted octanol–water partition coefficient (Wildman–Crippen LogP) is 3.05. The molecule has 2 bridgehead atoms. The molecule has 1 saturated heterocycles. The number of nitrogens with one attached hydrogen (secondary N) is 1. The van der Waals surface area contributed by atoms with Gasteiger partial charge in [-0.1, -0.05) is 0 Å². The summed E-state index contributed by atoms with van der Waals surface area (Å²) in [5.41, 5.74) is 0.137. The first-order valence-electron chi connectivity index (χ1n) is 12.6. The smallest absolute Gasteiger partial charge is 0.274 e. The number of hydrogen-bond donors (Lipinski definition) is 1. The number of carbonyl (C=O) groups excluding carboxylic acids is 1. The number of fused-ring (bicyclic) bond motifs is 3. The van der Waals surface area contributed by atoms with Crippen molar-refractivity contribution in [3.8, 4) is 5.88 Å². The second-order valence-electron chi connectivity index (χ2n) is 10.7. The normalized spacial score (nSPS) is 28.2. The number of alkyl halides is 1. The number of ether oxygens (including phenoxy) is 3. The highest BCUT2D eigenvalue weighted by Crippen LogP contribution is 2.54. The van der Waals surface area contributed by atoms with Crippen molar-refractivity contribution in [2.45, 2.75) is 68.9 Å². The van der Waals surface area contributed by atoms with Crippen LogP contribution in [0.1, 0.15) is 61.6 Å². The fourth-order valence-corrected chi connectivity index (χ4v) is 5.65. The number of nitrogens with zero attached hydrogens (tertiary/aromatic N) is 4. The van der Waals surface area contributed by atoms with Crippen molar-refractivity contribution < 1.29 is 23.4 Å². The molecule has 3 aromatic heterocycles. The molecule has 2 saturated carbocycles. The molecule has 3 fully saturated rings. The van der Waals surface area contributed by atoms with E-state index in [1.165, 1.54) is 16.8 Å². The summed E-state index contributed by atoms with van der Waals surface area (Å²) in [6.07, 6.45) is 6.71. The van der Waals surface area contributed by atoms with Gasteiger partial charge in [-0.25, -0.2) is 9.37 Å². The minimum Gasteiger partial charge on any atom is -0.474 e. The molecule has 10 nitrogen and oxygen atoms in total. The number of carbonyl (C=O) groups is 1. The molecule has 0 aromatic carbocycles. The highest BCUT2D eigenvalue weighted by Gasteiger charge is 2.57. The van der Waals surface area contributed by atoms with E-state index in [1.807, 2.05) is 20.0 Å². The lowest BCUT2D eigenvalue weighted by Crippen LogP contribution is -2.32. The molecule has 3 aliphatic rings.